The number of aliphatic carboxylic acids is 1. The number of nitrogens with two attached hydrogens (primary N) is 1. The standard InChI is InChI=1S/C23H26N2O4.3C2H6.CH4/c1-2-25-20-6-4-3-5-19(20)23(15-7-9-16(24)10-8-15)21(25)12-11-17(26)13-18(27)14-22(28)29;3*1-2;/h3-12,17-18,26-27H,2,13-14,24H2,1H3,(H,28,29);3*1-2H3;1H4/b12-11+;;;;. The molecule has 2 unspecified atom stereocenters. The number of rotatable bonds is 8. The molecule has 2 atom stereocenters. The zero-order chi connectivity index (χ0) is 27.0. The number of fused-ring (bicyclic) bond motifs is 1. The Bertz CT molecular complexity index is 1020. The molecule has 6 heteroatoms. The first kappa shape index (κ1) is 35.1. The average molecular weight is 501 g/mol. The predicted octanol–water partition coefficient (Wildman–Crippen LogP) is 7.22. The van der Waals surface area contributed by atoms with Crippen molar-refractivity contribution in [1.82, 2.24) is 4.57 Å². The Morgan fingerprint density at radius 1 is 0.972 bits per heavy atom. The molecule has 0 aliphatic carbocycles. The number of anilines is 1. The summed E-state index contributed by atoms with van der Waals surface area (Å²) in [6, 6.07) is 15.8. The van der Waals surface area contributed by atoms with Crippen LogP contribution in [0.2, 0.25) is 0 Å². The van der Waals surface area contributed by atoms with Crippen LogP contribution in [0.4, 0.5) is 5.69 Å². The van der Waals surface area contributed by atoms with E-state index in [4.69, 9.17) is 10.8 Å². The Morgan fingerprint density at radius 3 is 2.06 bits per heavy atom. The average Bonchev–Trinajstić information content (AvgIpc) is 3.19. The Labute approximate surface area is 218 Å². The minimum absolute atomic E-state index is 0. The third-order valence-corrected chi connectivity index (χ3v) is 4.93. The van der Waals surface area contributed by atoms with Gasteiger partial charge in [-0.2, -0.15) is 0 Å². The van der Waals surface area contributed by atoms with E-state index < -0.39 is 24.6 Å². The van der Waals surface area contributed by atoms with Crippen molar-refractivity contribution in [1.29, 1.82) is 0 Å². The SMILES string of the molecule is C.CC.CC.CC.CCn1c(/C=C/C(O)CC(O)CC(=O)O)c(-c2ccc(N)cc2)c2ccccc21. The number of aryl methyl sites for hydroxylation is 1. The number of para-hydroxylation sites is 1. The minimum Gasteiger partial charge on any atom is -0.481 e. The lowest BCUT2D eigenvalue weighted by Crippen LogP contribution is -2.19. The van der Waals surface area contributed by atoms with Crippen LogP contribution >= 0.6 is 0 Å². The molecule has 5 N–H and O–H groups in total. The van der Waals surface area contributed by atoms with Crippen molar-refractivity contribution >= 4 is 28.6 Å². The van der Waals surface area contributed by atoms with Crippen LogP contribution in [0.25, 0.3) is 28.1 Å². The molecule has 1 heterocycles. The summed E-state index contributed by atoms with van der Waals surface area (Å²) < 4.78 is 2.16. The third kappa shape index (κ3) is 9.88. The molecule has 3 rings (SSSR count). The first-order chi connectivity index (χ1) is 16.9. The van der Waals surface area contributed by atoms with E-state index in [1.54, 1.807) is 6.08 Å². The Kier molecular flexibility index (Phi) is 18.6. The predicted molar refractivity (Wildman–Crippen MR) is 156 cm³/mol. The smallest absolute Gasteiger partial charge is 0.305 e. The molecule has 3 aromatic rings. The molecule has 0 saturated carbocycles. The highest BCUT2D eigenvalue weighted by Crippen LogP contribution is 2.36. The molecule has 0 aliphatic heterocycles. The summed E-state index contributed by atoms with van der Waals surface area (Å²) in [6.07, 6.45) is 0.968. The normalized spacial score (nSPS) is 11.6. The first-order valence-electron chi connectivity index (χ1n) is 12.6. The quantitative estimate of drug-likeness (QED) is 0.244. The number of carbonyl (C=O) groups is 1. The lowest BCUT2D eigenvalue weighted by atomic mass is 10.0. The van der Waals surface area contributed by atoms with E-state index in [2.05, 4.69) is 23.6 Å². The van der Waals surface area contributed by atoms with E-state index in [1.807, 2.05) is 84.0 Å². The molecule has 202 valence electrons. The lowest BCUT2D eigenvalue weighted by Gasteiger charge is -2.12. The molecule has 36 heavy (non-hydrogen) atoms. The number of hydrogen-bond acceptors (Lipinski definition) is 4. The van der Waals surface area contributed by atoms with E-state index in [-0.39, 0.29) is 13.8 Å². The van der Waals surface area contributed by atoms with Crippen LogP contribution in [0, 0.1) is 0 Å². The summed E-state index contributed by atoms with van der Waals surface area (Å²) in [6.45, 7) is 14.8. The van der Waals surface area contributed by atoms with Gasteiger partial charge in [-0.05, 0) is 36.8 Å². The van der Waals surface area contributed by atoms with Crippen LogP contribution in [-0.4, -0.2) is 38.1 Å². The van der Waals surface area contributed by atoms with Gasteiger partial charge in [0, 0.05) is 40.8 Å². The number of aliphatic hydroxyl groups is 2. The van der Waals surface area contributed by atoms with Gasteiger partial charge in [-0.15, -0.1) is 0 Å². The zero-order valence-corrected chi connectivity index (χ0v) is 22.3. The number of hydrogen-bond donors (Lipinski definition) is 4. The summed E-state index contributed by atoms with van der Waals surface area (Å²) in [4.78, 5) is 10.7. The van der Waals surface area contributed by atoms with Crippen LogP contribution in [0.3, 0.4) is 0 Å². The van der Waals surface area contributed by atoms with Crippen LogP contribution in [0.15, 0.2) is 54.6 Å². The van der Waals surface area contributed by atoms with Crippen molar-refractivity contribution in [3.05, 3.63) is 60.3 Å². The van der Waals surface area contributed by atoms with E-state index in [0.29, 0.717) is 5.69 Å². The van der Waals surface area contributed by atoms with Crippen molar-refractivity contribution in [2.75, 3.05) is 5.73 Å². The van der Waals surface area contributed by atoms with Gasteiger partial charge in [-0.3, -0.25) is 4.79 Å². The fourth-order valence-corrected chi connectivity index (χ4v) is 3.63. The van der Waals surface area contributed by atoms with Crippen LogP contribution in [-0.2, 0) is 11.3 Å². The summed E-state index contributed by atoms with van der Waals surface area (Å²) in [5, 5.41) is 29.9. The number of aromatic nitrogens is 1. The van der Waals surface area contributed by atoms with Gasteiger partial charge in [-0.25, -0.2) is 0 Å². The molecule has 0 saturated heterocycles. The van der Waals surface area contributed by atoms with Crippen LogP contribution in [0.5, 0.6) is 0 Å². The maximum Gasteiger partial charge on any atom is 0.305 e. The lowest BCUT2D eigenvalue weighted by molar-refractivity contribution is -0.139. The van der Waals surface area contributed by atoms with E-state index in [0.717, 1.165) is 34.3 Å². The summed E-state index contributed by atoms with van der Waals surface area (Å²) in [7, 11) is 0. The zero-order valence-electron chi connectivity index (χ0n) is 22.3. The van der Waals surface area contributed by atoms with Gasteiger partial charge in [-0.1, -0.05) is 85.4 Å². The molecule has 0 spiro atoms. The molecule has 0 radical (unpaired) electrons. The molecule has 6 nitrogen and oxygen atoms in total. The summed E-state index contributed by atoms with van der Waals surface area (Å²) in [5.74, 6) is -1.09. The first-order valence-corrected chi connectivity index (χ1v) is 12.6. The maximum absolute atomic E-state index is 10.7. The fraction of sp³-hybridized carbons (Fsp3) is 0.433. The number of nitrogens with zero attached hydrogens (tertiary/aromatic N) is 1. The summed E-state index contributed by atoms with van der Waals surface area (Å²) >= 11 is 0. The second-order valence-corrected chi connectivity index (χ2v) is 7.06. The Morgan fingerprint density at radius 2 is 1.53 bits per heavy atom. The Balaban J connectivity index is 0. The molecule has 0 fully saturated rings. The van der Waals surface area contributed by atoms with Gasteiger partial charge >= 0.3 is 5.97 Å². The minimum atomic E-state index is -1.10. The third-order valence-electron chi connectivity index (χ3n) is 4.93. The van der Waals surface area contributed by atoms with Gasteiger partial charge < -0.3 is 25.6 Å². The van der Waals surface area contributed by atoms with Crippen molar-refractivity contribution < 1.29 is 20.1 Å². The maximum atomic E-state index is 10.7. The number of aliphatic hydroxyl groups excluding tert-OH is 2. The van der Waals surface area contributed by atoms with Gasteiger partial charge in [0.1, 0.15) is 0 Å². The largest absolute Gasteiger partial charge is 0.481 e. The van der Waals surface area contributed by atoms with E-state index >= 15 is 0 Å². The van der Waals surface area contributed by atoms with Gasteiger partial charge in [0.2, 0.25) is 0 Å². The number of benzene rings is 2. The molecule has 0 aliphatic rings. The van der Waals surface area contributed by atoms with E-state index in [1.165, 1.54) is 0 Å². The van der Waals surface area contributed by atoms with Crippen LogP contribution < -0.4 is 5.73 Å². The number of carboxylic acid groups (broad SMARTS) is 1. The molecule has 0 bridgehead atoms. The molecule has 0 amide bonds. The molecular weight excluding hydrogens is 452 g/mol. The summed E-state index contributed by atoms with van der Waals surface area (Å²) in [5.41, 5.74) is 10.6. The topological polar surface area (TPSA) is 109 Å². The second-order valence-electron chi connectivity index (χ2n) is 7.06. The van der Waals surface area contributed by atoms with Crippen molar-refractivity contribution in [3.8, 4) is 11.1 Å². The van der Waals surface area contributed by atoms with Gasteiger partial charge in [0.05, 0.1) is 18.6 Å². The monoisotopic (exact) mass is 500 g/mol. The highest BCUT2D eigenvalue weighted by atomic mass is 16.4. The fourth-order valence-electron chi connectivity index (χ4n) is 3.63. The highest BCUT2D eigenvalue weighted by Gasteiger charge is 2.17. The molecular formula is C30H48N2O4. The highest BCUT2D eigenvalue weighted by molar-refractivity contribution is 6.01. The number of nitrogen functional groups attached to an aromatic ring is 1. The van der Waals surface area contributed by atoms with E-state index in [9.17, 15) is 15.0 Å². The molecule has 2 aromatic carbocycles. The Hall–Kier alpha value is -3.09. The van der Waals surface area contributed by atoms with Crippen molar-refractivity contribution in [2.45, 2.75) is 87.5 Å². The second kappa shape index (κ2) is 19.1. The van der Waals surface area contributed by atoms with Gasteiger partial charge in [0.15, 0.2) is 0 Å². The van der Waals surface area contributed by atoms with Crippen molar-refractivity contribution in [2.24, 2.45) is 0 Å². The molecule has 1 aromatic heterocycles. The number of carboxylic acids is 1. The van der Waals surface area contributed by atoms with Crippen LogP contribution in [0.1, 0.15) is 74.4 Å². The van der Waals surface area contributed by atoms with Gasteiger partial charge in [0.25, 0.3) is 0 Å². The van der Waals surface area contributed by atoms with Crippen molar-refractivity contribution in [3.63, 3.8) is 0 Å².